The zero-order valence-corrected chi connectivity index (χ0v) is 12.9. The molecule has 0 aliphatic rings. The Morgan fingerprint density at radius 2 is 2.05 bits per heavy atom. The van der Waals surface area contributed by atoms with Crippen molar-refractivity contribution < 1.29 is 0 Å². The van der Waals surface area contributed by atoms with Gasteiger partial charge < -0.3 is 11.1 Å². The summed E-state index contributed by atoms with van der Waals surface area (Å²) in [6, 6.07) is 8.17. The number of nitrogens with one attached hydrogen (secondary N) is 1. The fraction of sp³-hybridized carbons (Fsp3) is 0.375. The third kappa shape index (κ3) is 4.95. The number of guanidine groups is 1. The van der Waals surface area contributed by atoms with Crippen LogP contribution in [0.2, 0.25) is 0 Å². The Balaban J connectivity index is 1.88. The van der Waals surface area contributed by atoms with Gasteiger partial charge in [-0.25, -0.2) is 0 Å². The average molecular weight is 285 g/mol. The molecule has 2 aromatic rings. The second-order valence-corrected chi connectivity index (χ2v) is 5.56. The largest absolute Gasteiger partial charge is 0.370 e. The van der Waals surface area contributed by atoms with Crippen LogP contribution in [0.25, 0.3) is 0 Å². The van der Waals surface area contributed by atoms with Gasteiger partial charge in [0.15, 0.2) is 5.96 Å². The number of anilines is 1. The molecule has 1 aromatic heterocycles. The third-order valence-corrected chi connectivity index (χ3v) is 3.13. The minimum atomic E-state index is 0.379. The van der Waals surface area contributed by atoms with Crippen LogP contribution < -0.4 is 11.1 Å². The zero-order valence-electron chi connectivity index (χ0n) is 12.9. The third-order valence-electron chi connectivity index (χ3n) is 3.13. The van der Waals surface area contributed by atoms with E-state index in [2.05, 4.69) is 54.4 Å². The van der Waals surface area contributed by atoms with Gasteiger partial charge in [-0.1, -0.05) is 13.0 Å². The normalized spacial score (nSPS) is 13.2. The molecule has 21 heavy (non-hydrogen) atoms. The summed E-state index contributed by atoms with van der Waals surface area (Å²) >= 11 is 0. The lowest BCUT2D eigenvalue weighted by Gasteiger charge is -2.11. The molecule has 5 nitrogen and oxygen atoms in total. The molecule has 0 aliphatic heterocycles. The number of nitrogens with zero attached hydrogens (tertiary/aromatic N) is 3. The number of benzene rings is 1. The van der Waals surface area contributed by atoms with Crippen molar-refractivity contribution in [2.24, 2.45) is 16.6 Å². The first kappa shape index (κ1) is 15.1. The van der Waals surface area contributed by atoms with Crippen molar-refractivity contribution in [3.63, 3.8) is 0 Å². The fourth-order valence-electron chi connectivity index (χ4n) is 2.27. The van der Waals surface area contributed by atoms with E-state index in [1.165, 1.54) is 11.1 Å². The van der Waals surface area contributed by atoms with Crippen molar-refractivity contribution in [1.82, 2.24) is 9.78 Å². The quantitative estimate of drug-likeness (QED) is 0.655. The first-order valence-corrected chi connectivity index (χ1v) is 7.15. The highest BCUT2D eigenvalue weighted by atomic mass is 15.3. The molecule has 0 saturated heterocycles. The molecule has 0 bridgehead atoms. The van der Waals surface area contributed by atoms with Crippen LogP contribution in [0.15, 0.2) is 41.7 Å². The molecule has 0 radical (unpaired) electrons. The van der Waals surface area contributed by atoms with E-state index >= 15 is 0 Å². The number of nitrogens with two attached hydrogens (primary N) is 1. The number of aromatic nitrogens is 2. The van der Waals surface area contributed by atoms with Crippen LogP contribution in [0.4, 0.5) is 5.69 Å². The molecule has 0 amide bonds. The summed E-state index contributed by atoms with van der Waals surface area (Å²) < 4.78 is 1.91. The summed E-state index contributed by atoms with van der Waals surface area (Å²) in [6.45, 7) is 7.78. The molecular formula is C16H23N5. The van der Waals surface area contributed by atoms with Crippen LogP contribution in [0, 0.1) is 19.8 Å². The molecule has 5 heteroatoms. The standard InChI is InChI=1S/C16H23N5/c1-12-7-13(2)9-15(8-12)20-16(17)18-10-14(3)11-21-6-4-5-19-21/h4-9,14H,10-11H2,1-3H3,(H3,17,18,20). The van der Waals surface area contributed by atoms with Gasteiger partial charge in [0.25, 0.3) is 0 Å². The highest BCUT2D eigenvalue weighted by molar-refractivity contribution is 5.92. The molecule has 0 spiro atoms. The highest BCUT2D eigenvalue weighted by Gasteiger charge is 2.03. The molecule has 1 atom stereocenters. The minimum absolute atomic E-state index is 0.379. The molecule has 1 heterocycles. The lowest BCUT2D eigenvalue weighted by atomic mass is 10.1. The van der Waals surface area contributed by atoms with Crippen LogP contribution >= 0.6 is 0 Å². The molecule has 1 unspecified atom stereocenters. The molecule has 1 aromatic carbocycles. The number of aliphatic imine (C=N–C) groups is 1. The maximum Gasteiger partial charge on any atom is 0.193 e. The summed E-state index contributed by atoms with van der Waals surface area (Å²) in [5.74, 6) is 0.830. The van der Waals surface area contributed by atoms with Crippen molar-refractivity contribution in [3.8, 4) is 0 Å². The number of rotatable bonds is 5. The van der Waals surface area contributed by atoms with Gasteiger partial charge in [-0.05, 0) is 49.1 Å². The molecule has 112 valence electrons. The predicted molar refractivity (Wildman–Crippen MR) is 87.4 cm³/mol. The summed E-state index contributed by atoms with van der Waals surface area (Å²) in [7, 11) is 0. The van der Waals surface area contributed by atoms with Gasteiger partial charge in [-0.2, -0.15) is 5.10 Å². The van der Waals surface area contributed by atoms with Crippen molar-refractivity contribution in [1.29, 1.82) is 0 Å². The van der Waals surface area contributed by atoms with Gasteiger partial charge in [0.2, 0.25) is 0 Å². The Hall–Kier alpha value is -2.30. The van der Waals surface area contributed by atoms with Crippen LogP contribution in [0.3, 0.4) is 0 Å². The van der Waals surface area contributed by atoms with E-state index in [4.69, 9.17) is 5.73 Å². The lowest BCUT2D eigenvalue weighted by Crippen LogP contribution is -2.24. The second-order valence-electron chi connectivity index (χ2n) is 5.56. The van der Waals surface area contributed by atoms with Crippen molar-refractivity contribution >= 4 is 11.6 Å². The van der Waals surface area contributed by atoms with E-state index in [1.807, 2.05) is 16.9 Å². The minimum Gasteiger partial charge on any atom is -0.370 e. The van der Waals surface area contributed by atoms with Gasteiger partial charge in [-0.3, -0.25) is 9.67 Å². The van der Waals surface area contributed by atoms with Gasteiger partial charge in [0, 0.05) is 31.2 Å². The Morgan fingerprint density at radius 1 is 1.33 bits per heavy atom. The first-order chi connectivity index (χ1) is 10.0. The van der Waals surface area contributed by atoms with E-state index < -0.39 is 0 Å². The van der Waals surface area contributed by atoms with Crippen LogP contribution in [-0.4, -0.2) is 22.3 Å². The highest BCUT2D eigenvalue weighted by Crippen LogP contribution is 2.13. The zero-order chi connectivity index (χ0) is 15.2. The van der Waals surface area contributed by atoms with Crippen LogP contribution in [0.5, 0.6) is 0 Å². The van der Waals surface area contributed by atoms with Gasteiger partial charge in [0.1, 0.15) is 0 Å². The summed E-state index contributed by atoms with van der Waals surface area (Å²) in [4.78, 5) is 4.40. The Morgan fingerprint density at radius 3 is 2.67 bits per heavy atom. The molecule has 0 saturated carbocycles. The monoisotopic (exact) mass is 285 g/mol. The van der Waals surface area contributed by atoms with E-state index in [-0.39, 0.29) is 0 Å². The smallest absolute Gasteiger partial charge is 0.193 e. The summed E-state index contributed by atoms with van der Waals surface area (Å²) in [5.41, 5.74) is 9.34. The van der Waals surface area contributed by atoms with E-state index in [1.54, 1.807) is 6.20 Å². The Kier molecular flexibility index (Phi) is 4.98. The number of aryl methyl sites for hydroxylation is 2. The second kappa shape index (κ2) is 6.92. The molecule has 2 rings (SSSR count). The van der Waals surface area contributed by atoms with Gasteiger partial charge in [0.05, 0.1) is 0 Å². The summed E-state index contributed by atoms with van der Waals surface area (Å²) in [6.07, 6.45) is 3.74. The van der Waals surface area contributed by atoms with Gasteiger partial charge >= 0.3 is 0 Å². The predicted octanol–water partition coefficient (Wildman–Crippen LogP) is 2.56. The van der Waals surface area contributed by atoms with Gasteiger partial charge in [-0.15, -0.1) is 0 Å². The number of hydrogen-bond acceptors (Lipinski definition) is 2. The van der Waals surface area contributed by atoms with Crippen LogP contribution in [0.1, 0.15) is 18.1 Å². The molecule has 0 aliphatic carbocycles. The SMILES string of the molecule is Cc1cc(C)cc(NC(N)=NCC(C)Cn2cccn2)c1. The van der Waals surface area contributed by atoms with Crippen molar-refractivity contribution in [2.45, 2.75) is 27.3 Å². The Bertz CT molecular complexity index is 581. The first-order valence-electron chi connectivity index (χ1n) is 7.15. The molecule has 3 N–H and O–H groups in total. The maximum absolute atomic E-state index is 5.94. The fourth-order valence-corrected chi connectivity index (χ4v) is 2.27. The van der Waals surface area contributed by atoms with Crippen molar-refractivity contribution in [2.75, 3.05) is 11.9 Å². The lowest BCUT2D eigenvalue weighted by molar-refractivity contribution is 0.459. The molecular weight excluding hydrogens is 262 g/mol. The Labute approximate surface area is 125 Å². The van der Waals surface area contributed by atoms with E-state index in [9.17, 15) is 0 Å². The maximum atomic E-state index is 5.94. The van der Waals surface area contributed by atoms with Crippen LogP contribution in [-0.2, 0) is 6.54 Å². The average Bonchev–Trinajstić information content (AvgIpc) is 2.88. The van der Waals surface area contributed by atoms with E-state index in [0.29, 0.717) is 18.4 Å². The summed E-state index contributed by atoms with van der Waals surface area (Å²) in [5, 5.41) is 7.33. The topological polar surface area (TPSA) is 68.2 Å². The number of hydrogen-bond donors (Lipinski definition) is 2. The molecule has 0 fully saturated rings. The van der Waals surface area contributed by atoms with E-state index in [0.717, 1.165) is 12.2 Å². The van der Waals surface area contributed by atoms with Crippen molar-refractivity contribution in [3.05, 3.63) is 47.8 Å².